The smallest absolute Gasteiger partial charge is 0.371 e. The molecule has 0 aromatic carbocycles. The third-order valence-electron chi connectivity index (χ3n) is 1.09. The minimum Gasteiger partial charge on any atom is -0.475 e. The first-order chi connectivity index (χ1) is 5.11. The number of rotatable bonds is 2. The summed E-state index contributed by atoms with van der Waals surface area (Å²) in [6.07, 6.45) is -1.76. The van der Waals surface area contributed by atoms with Gasteiger partial charge in [-0.05, 0) is 12.1 Å². The Hall–Kier alpha value is -1.33. The molecule has 0 fully saturated rings. The quantitative estimate of drug-likeness (QED) is 0.525. The predicted molar refractivity (Wildman–Crippen MR) is 32.8 cm³/mol. The van der Waals surface area contributed by atoms with Crippen LogP contribution in [0, 0.1) is 0 Å². The summed E-state index contributed by atoms with van der Waals surface area (Å²) in [5.74, 6) is -1.73. The molecule has 0 saturated carbocycles. The van der Waals surface area contributed by atoms with Crippen LogP contribution in [0.2, 0.25) is 0 Å². The third kappa shape index (κ3) is 1.57. The van der Waals surface area contributed by atoms with Crippen molar-refractivity contribution in [1.82, 2.24) is 0 Å². The van der Waals surface area contributed by atoms with Gasteiger partial charge in [-0.15, -0.1) is 0 Å². The molecule has 0 aliphatic rings. The zero-order chi connectivity index (χ0) is 8.43. The molecule has 0 bridgehead atoms. The van der Waals surface area contributed by atoms with Gasteiger partial charge in [0, 0.05) is 0 Å². The van der Waals surface area contributed by atoms with Crippen molar-refractivity contribution in [3.63, 3.8) is 0 Å². The van der Waals surface area contributed by atoms with E-state index in [1.165, 1.54) is 6.07 Å². The minimum atomic E-state index is -1.76. The van der Waals surface area contributed by atoms with Gasteiger partial charge in [-0.1, -0.05) is 0 Å². The number of furan rings is 1. The van der Waals surface area contributed by atoms with Crippen molar-refractivity contribution in [2.45, 2.75) is 6.29 Å². The first-order valence-corrected chi connectivity index (χ1v) is 2.80. The molecule has 1 rings (SSSR count). The van der Waals surface area contributed by atoms with Crippen molar-refractivity contribution in [3.05, 3.63) is 23.7 Å². The highest BCUT2D eigenvalue weighted by Gasteiger charge is 2.12. The molecule has 0 saturated heterocycles. The number of carbonyl (C=O) groups is 1. The molecular formula is C6H6O5. The number of carboxylic acids is 1. The maximum absolute atomic E-state index is 10.2. The first kappa shape index (κ1) is 7.77. The molecule has 60 valence electrons. The van der Waals surface area contributed by atoms with Gasteiger partial charge < -0.3 is 19.7 Å². The predicted octanol–water partition coefficient (Wildman–Crippen LogP) is -0.0390. The molecule has 0 atom stereocenters. The molecule has 0 amide bonds. The summed E-state index contributed by atoms with van der Waals surface area (Å²) < 4.78 is 4.51. The van der Waals surface area contributed by atoms with Crippen LogP contribution in [0.1, 0.15) is 22.6 Å². The van der Waals surface area contributed by atoms with E-state index in [1.54, 1.807) is 0 Å². The van der Waals surface area contributed by atoms with E-state index in [1.807, 2.05) is 0 Å². The lowest BCUT2D eigenvalue weighted by atomic mass is 10.4. The molecule has 11 heavy (non-hydrogen) atoms. The van der Waals surface area contributed by atoms with E-state index in [-0.39, 0.29) is 11.5 Å². The van der Waals surface area contributed by atoms with Crippen molar-refractivity contribution >= 4 is 5.97 Å². The van der Waals surface area contributed by atoms with Gasteiger partial charge in [-0.2, -0.15) is 0 Å². The van der Waals surface area contributed by atoms with Crippen LogP contribution in [-0.4, -0.2) is 21.3 Å². The average molecular weight is 158 g/mol. The van der Waals surface area contributed by atoms with Crippen LogP contribution in [0.4, 0.5) is 0 Å². The maximum atomic E-state index is 10.2. The second-order valence-electron chi connectivity index (χ2n) is 1.88. The summed E-state index contributed by atoms with van der Waals surface area (Å²) in [5.41, 5.74) is 0. The van der Waals surface area contributed by atoms with E-state index < -0.39 is 12.3 Å². The van der Waals surface area contributed by atoms with Crippen LogP contribution in [-0.2, 0) is 0 Å². The summed E-state index contributed by atoms with van der Waals surface area (Å²) in [5, 5.41) is 25.3. The lowest BCUT2D eigenvalue weighted by Crippen LogP contribution is -1.94. The van der Waals surface area contributed by atoms with Crippen LogP contribution in [0.3, 0.4) is 0 Å². The number of hydrogen-bond acceptors (Lipinski definition) is 4. The highest BCUT2D eigenvalue weighted by Crippen LogP contribution is 2.13. The molecule has 0 aliphatic carbocycles. The highest BCUT2D eigenvalue weighted by atomic mass is 16.5. The van der Waals surface area contributed by atoms with Gasteiger partial charge in [0.2, 0.25) is 12.1 Å². The fourth-order valence-corrected chi connectivity index (χ4v) is 0.607. The SMILES string of the molecule is O=C(O)c1ccc(C(O)O)o1. The fourth-order valence-electron chi connectivity index (χ4n) is 0.607. The Bertz CT molecular complexity index is 262. The molecule has 0 aliphatic heterocycles. The zero-order valence-corrected chi connectivity index (χ0v) is 5.39. The van der Waals surface area contributed by atoms with Gasteiger partial charge in [0.05, 0.1) is 0 Å². The van der Waals surface area contributed by atoms with Crippen LogP contribution < -0.4 is 0 Å². The molecule has 0 unspecified atom stereocenters. The summed E-state index contributed by atoms with van der Waals surface area (Å²) in [6.45, 7) is 0. The van der Waals surface area contributed by atoms with Crippen molar-refractivity contribution in [2.24, 2.45) is 0 Å². The fraction of sp³-hybridized carbons (Fsp3) is 0.167. The normalized spacial score (nSPS) is 10.5. The number of aliphatic hydroxyl groups is 2. The Morgan fingerprint density at radius 2 is 2.09 bits per heavy atom. The summed E-state index contributed by atoms with van der Waals surface area (Å²) in [6, 6.07) is 2.34. The second-order valence-corrected chi connectivity index (χ2v) is 1.88. The molecule has 0 radical (unpaired) electrons. The Labute approximate surface area is 61.5 Å². The summed E-state index contributed by atoms with van der Waals surface area (Å²) in [7, 11) is 0. The monoisotopic (exact) mass is 158 g/mol. The van der Waals surface area contributed by atoms with Gasteiger partial charge in [-0.3, -0.25) is 0 Å². The van der Waals surface area contributed by atoms with Gasteiger partial charge in [0.1, 0.15) is 0 Å². The topological polar surface area (TPSA) is 90.9 Å². The van der Waals surface area contributed by atoms with Crippen LogP contribution in [0.5, 0.6) is 0 Å². The molecule has 1 heterocycles. The van der Waals surface area contributed by atoms with Crippen LogP contribution in [0.15, 0.2) is 16.5 Å². The molecule has 1 aromatic heterocycles. The summed E-state index contributed by atoms with van der Waals surface area (Å²) >= 11 is 0. The van der Waals surface area contributed by atoms with E-state index in [4.69, 9.17) is 15.3 Å². The standard InChI is InChI=1S/C6H6O5/c7-5(8)3-1-2-4(11-3)6(9)10/h1-2,5,7-8H,(H,9,10). The number of hydrogen-bond donors (Lipinski definition) is 3. The summed E-state index contributed by atoms with van der Waals surface area (Å²) in [4.78, 5) is 10.2. The Balaban J connectivity index is 2.90. The lowest BCUT2D eigenvalue weighted by molar-refractivity contribution is -0.0585. The molecule has 5 nitrogen and oxygen atoms in total. The van der Waals surface area contributed by atoms with Gasteiger partial charge in [0.25, 0.3) is 0 Å². The Kier molecular flexibility index (Phi) is 1.93. The van der Waals surface area contributed by atoms with Crippen LogP contribution >= 0.6 is 0 Å². The van der Waals surface area contributed by atoms with E-state index in [9.17, 15) is 4.79 Å². The van der Waals surface area contributed by atoms with Crippen molar-refractivity contribution in [3.8, 4) is 0 Å². The van der Waals surface area contributed by atoms with E-state index in [0.717, 1.165) is 6.07 Å². The van der Waals surface area contributed by atoms with Crippen molar-refractivity contribution in [2.75, 3.05) is 0 Å². The molecule has 3 N–H and O–H groups in total. The molecule has 1 aromatic rings. The number of aliphatic hydroxyl groups excluding tert-OH is 1. The molecule has 5 heteroatoms. The lowest BCUT2D eigenvalue weighted by Gasteiger charge is -1.95. The molecular weight excluding hydrogens is 152 g/mol. The van der Waals surface area contributed by atoms with Crippen LogP contribution in [0.25, 0.3) is 0 Å². The van der Waals surface area contributed by atoms with Crippen molar-refractivity contribution < 1.29 is 24.5 Å². The van der Waals surface area contributed by atoms with Gasteiger partial charge in [-0.25, -0.2) is 4.79 Å². The maximum Gasteiger partial charge on any atom is 0.371 e. The Morgan fingerprint density at radius 3 is 2.36 bits per heavy atom. The van der Waals surface area contributed by atoms with Gasteiger partial charge >= 0.3 is 5.97 Å². The van der Waals surface area contributed by atoms with Crippen molar-refractivity contribution in [1.29, 1.82) is 0 Å². The average Bonchev–Trinajstić information content (AvgIpc) is 2.33. The minimum absolute atomic E-state index is 0.178. The van der Waals surface area contributed by atoms with E-state index in [2.05, 4.69) is 4.42 Å². The second kappa shape index (κ2) is 2.73. The van der Waals surface area contributed by atoms with Gasteiger partial charge in [0.15, 0.2) is 5.76 Å². The van der Waals surface area contributed by atoms with E-state index in [0.29, 0.717) is 0 Å². The zero-order valence-electron chi connectivity index (χ0n) is 5.39. The number of aromatic carboxylic acids is 1. The number of carboxylic acid groups (broad SMARTS) is 1. The van der Waals surface area contributed by atoms with E-state index >= 15 is 0 Å². The first-order valence-electron chi connectivity index (χ1n) is 2.80. The largest absolute Gasteiger partial charge is 0.475 e. The Morgan fingerprint density at radius 1 is 1.45 bits per heavy atom. The molecule has 0 spiro atoms. The third-order valence-corrected chi connectivity index (χ3v) is 1.09. The highest BCUT2D eigenvalue weighted by molar-refractivity contribution is 5.84.